The van der Waals surface area contributed by atoms with E-state index >= 15 is 0 Å². The summed E-state index contributed by atoms with van der Waals surface area (Å²) < 4.78 is 50.6. The summed E-state index contributed by atoms with van der Waals surface area (Å²) >= 11 is 5.36. The predicted molar refractivity (Wildman–Crippen MR) is 53.5 cm³/mol. The van der Waals surface area contributed by atoms with Crippen LogP contribution in [0.1, 0.15) is 17.2 Å². The minimum absolute atomic E-state index is 0.324. The van der Waals surface area contributed by atoms with E-state index in [0.717, 1.165) is 6.08 Å². The quantitative estimate of drug-likeness (QED) is 0.631. The number of hydrogen-bond acceptors (Lipinski definition) is 1. The van der Waals surface area contributed by atoms with Crippen LogP contribution in [0.5, 0.6) is 0 Å². The number of hydrogen-bond donors (Lipinski definition) is 1. The average Bonchev–Trinajstić information content (AvgIpc) is 2.19. The molecule has 0 aliphatic rings. The topological polar surface area (TPSA) is 26.0 Å². The molecule has 0 radical (unpaired) electrons. The Morgan fingerprint density at radius 2 is 1.94 bits per heavy atom. The molecule has 0 fully saturated rings. The molecule has 2 N–H and O–H groups in total. The maximum absolute atomic E-state index is 13.4. The van der Waals surface area contributed by atoms with Crippen LogP contribution in [0.3, 0.4) is 0 Å². The molecule has 1 rings (SSSR count). The van der Waals surface area contributed by atoms with Crippen LogP contribution in [0.4, 0.5) is 17.6 Å². The van der Waals surface area contributed by atoms with E-state index in [1.54, 1.807) is 0 Å². The Kier molecular flexibility index (Phi) is 3.60. The molecular weight excluding hydrogens is 246 g/mol. The summed E-state index contributed by atoms with van der Waals surface area (Å²) in [6.07, 6.45) is -3.46. The summed E-state index contributed by atoms with van der Waals surface area (Å²) in [5.41, 5.74) is 4.03. The maximum atomic E-state index is 13.4. The van der Waals surface area contributed by atoms with Crippen molar-refractivity contribution in [1.82, 2.24) is 0 Å². The lowest BCUT2D eigenvalue weighted by Crippen LogP contribution is -2.13. The monoisotopic (exact) mass is 253 g/mol. The number of halogens is 5. The van der Waals surface area contributed by atoms with E-state index in [1.165, 1.54) is 0 Å². The van der Waals surface area contributed by atoms with Gasteiger partial charge in [-0.25, -0.2) is 4.39 Å². The molecule has 0 bridgehead atoms. The summed E-state index contributed by atoms with van der Waals surface area (Å²) in [5.74, 6) is -0.956. The van der Waals surface area contributed by atoms with Gasteiger partial charge in [0.05, 0.1) is 16.6 Å². The fourth-order valence-corrected chi connectivity index (χ4v) is 1.37. The van der Waals surface area contributed by atoms with Crippen molar-refractivity contribution in [2.75, 3.05) is 0 Å². The van der Waals surface area contributed by atoms with Gasteiger partial charge in [-0.3, -0.25) is 0 Å². The first-order chi connectivity index (χ1) is 7.27. The second-order valence-corrected chi connectivity index (χ2v) is 3.53. The Morgan fingerprint density at radius 3 is 2.38 bits per heavy atom. The minimum Gasteiger partial charge on any atom is -0.321 e. The summed E-state index contributed by atoms with van der Waals surface area (Å²) in [6, 6.07) is 0.129. The van der Waals surface area contributed by atoms with Crippen LogP contribution in [0.2, 0.25) is 5.02 Å². The van der Waals surface area contributed by atoms with Crippen molar-refractivity contribution in [1.29, 1.82) is 0 Å². The molecule has 0 saturated heterocycles. The molecule has 16 heavy (non-hydrogen) atoms. The minimum atomic E-state index is -4.59. The Hall–Kier alpha value is -1.07. The molecule has 88 valence electrons. The third-order valence-electron chi connectivity index (χ3n) is 2.00. The largest absolute Gasteiger partial charge is 0.416 e. The van der Waals surface area contributed by atoms with Gasteiger partial charge in [-0.2, -0.15) is 13.2 Å². The van der Waals surface area contributed by atoms with Gasteiger partial charge in [0, 0.05) is 5.56 Å². The van der Waals surface area contributed by atoms with Crippen molar-refractivity contribution in [3.63, 3.8) is 0 Å². The molecule has 0 aromatic heterocycles. The zero-order chi connectivity index (χ0) is 12.5. The van der Waals surface area contributed by atoms with Gasteiger partial charge in [0.15, 0.2) is 0 Å². The van der Waals surface area contributed by atoms with Gasteiger partial charge in [0.1, 0.15) is 5.82 Å². The summed E-state index contributed by atoms with van der Waals surface area (Å²) in [5, 5.41) is -0.609. The molecule has 0 unspecified atom stereocenters. The van der Waals surface area contributed by atoms with Crippen LogP contribution in [-0.2, 0) is 6.18 Å². The van der Waals surface area contributed by atoms with E-state index in [9.17, 15) is 17.6 Å². The smallest absolute Gasteiger partial charge is 0.321 e. The SMILES string of the molecule is C=C[C@H](N)c1cc(C(F)(F)F)cc(Cl)c1F. The van der Waals surface area contributed by atoms with Gasteiger partial charge in [0.25, 0.3) is 0 Å². The second-order valence-electron chi connectivity index (χ2n) is 3.12. The van der Waals surface area contributed by atoms with Gasteiger partial charge < -0.3 is 5.73 Å². The Labute approximate surface area is 94.5 Å². The molecule has 0 aliphatic carbocycles. The Balaban J connectivity index is 3.39. The van der Waals surface area contributed by atoms with E-state index in [4.69, 9.17) is 17.3 Å². The van der Waals surface area contributed by atoms with E-state index in [1.807, 2.05) is 0 Å². The lowest BCUT2D eigenvalue weighted by molar-refractivity contribution is -0.137. The third kappa shape index (κ3) is 2.54. The molecule has 0 spiro atoms. The first-order valence-electron chi connectivity index (χ1n) is 4.21. The van der Waals surface area contributed by atoms with Gasteiger partial charge in [0.2, 0.25) is 0 Å². The highest BCUT2D eigenvalue weighted by molar-refractivity contribution is 6.30. The van der Waals surface area contributed by atoms with Crippen LogP contribution in [0, 0.1) is 5.82 Å². The van der Waals surface area contributed by atoms with Crippen molar-refractivity contribution in [3.8, 4) is 0 Å². The first kappa shape index (κ1) is 13.0. The van der Waals surface area contributed by atoms with Crippen molar-refractivity contribution in [2.24, 2.45) is 5.73 Å². The highest BCUT2D eigenvalue weighted by Gasteiger charge is 2.32. The van der Waals surface area contributed by atoms with E-state index in [0.29, 0.717) is 12.1 Å². The first-order valence-corrected chi connectivity index (χ1v) is 4.59. The molecule has 1 nitrogen and oxygen atoms in total. The zero-order valence-electron chi connectivity index (χ0n) is 7.98. The van der Waals surface area contributed by atoms with Gasteiger partial charge in [-0.05, 0) is 12.1 Å². The van der Waals surface area contributed by atoms with Crippen molar-refractivity contribution < 1.29 is 17.6 Å². The molecule has 6 heteroatoms. The number of rotatable bonds is 2. The fraction of sp³-hybridized carbons (Fsp3) is 0.200. The summed E-state index contributed by atoms with van der Waals surface area (Å²) in [6.45, 7) is 3.28. The number of nitrogens with two attached hydrogens (primary N) is 1. The molecular formula is C10H8ClF4N. The van der Waals surface area contributed by atoms with Gasteiger partial charge >= 0.3 is 6.18 Å². The van der Waals surface area contributed by atoms with Crippen LogP contribution in [0.15, 0.2) is 24.8 Å². The molecule has 0 amide bonds. The maximum Gasteiger partial charge on any atom is 0.416 e. The second kappa shape index (κ2) is 4.43. The highest BCUT2D eigenvalue weighted by atomic mass is 35.5. The standard InChI is InChI=1S/C10H8ClF4N/c1-2-8(16)6-3-5(10(13,14)15)4-7(11)9(6)12/h2-4,8H,1,16H2/t8-/m0/s1. The zero-order valence-corrected chi connectivity index (χ0v) is 8.74. The Bertz CT molecular complexity index is 414. The lowest BCUT2D eigenvalue weighted by Gasteiger charge is -2.13. The average molecular weight is 254 g/mol. The molecule has 1 aromatic carbocycles. The van der Waals surface area contributed by atoms with Gasteiger partial charge in [-0.1, -0.05) is 17.7 Å². The van der Waals surface area contributed by atoms with E-state index in [-0.39, 0.29) is 5.56 Å². The summed E-state index contributed by atoms with van der Waals surface area (Å²) in [4.78, 5) is 0. The normalized spacial score (nSPS) is 13.6. The lowest BCUT2D eigenvalue weighted by atomic mass is 10.0. The highest BCUT2D eigenvalue weighted by Crippen LogP contribution is 2.34. The predicted octanol–water partition coefficient (Wildman–Crippen LogP) is 3.68. The molecule has 1 atom stereocenters. The van der Waals surface area contributed by atoms with Crippen LogP contribution >= 0.6 is 11.6 Å². The number of benzene rings is 1. The van der Waals surface area contributed by atoms with Crippen molar-refractivity contribution in [3.05, 3.63) is 46.8 Å². The molecule has 0 aliphatic heterocycles. The van der Waals surface area contributed by atoms with Crippen LogP contribution in [0.25, 0.3) is 0 Å². The summed E-state index contributed by atoms with van der Waals surface area (Å²) in [7, 11) is 0. The van der Waals surface area contributed by atoms with Crippen LogP contribution < -0.4 is 5.73 Å². The molecule has 0 saturated carbocycles. The van der Waals surface area contributed by atoms with Gasteiger partial charge in [-0.15, -0.1) is 6.58 Å². The number of alkyl halides is 3. The fourth-order valence-electron chi connectivity index (χ4n) is 1.14. The third-order valence-corrected chi connectivity index (χ3v) is 2.27. The van der Waals surface area contributed by atoms with E-state index in [2.05, 4.69) is 6.58 Å². The Morgan fingerprint density at radius 1 is 1.38 bits per heavy atom. The van der Waals surface area contributed by atoms with Crippen molar-refractivity contribution in [2.45, 2.75) is 12.2 Å². The van der Waals surface area contributed by atoms with Crippen LogP contribution in [-0.4, -0.2) is 0 Å². The molecule has 0 heterocycles. The van der Waals surface area contributed by atoms with E-state index < -0.39 is 28.6 Å². The van der Waals surface area contributed by atoms with Crippen molar-refractivity contribution >= 4 is 11.6 Å². The molecule has 1 aromatic rings.